The molecule has 0 heterocycles. The van der Waals surface area contributed by atoms with Crippen molar-refractivity contribution in [3.8, 4) is 0 Å². The first-order valence-corrected chi connectivity index (χ1v) is 23.8. The van der Waals surface area contributed by atoms with Crippen LogP contribution in [-0.2, 0) is 0 Å². The van der Waals surface area contributed by atoms with Gasteiger partial charge in [0.1, 0.15) is 0 Å². The summed E-state index contributed by atoms with van der Waals surface area (Å²) in [6.07, 6.45) is 0. The maximum absolute atomic E-state index is 12.4. The molecule has 0 radical (unpaired) electrons. The van der Waals surface area contributed by atoms with Crippen molar-refractivity contribution in [3.05, 3.63) is 245 Å². The molecule has 9 aromatic carbocycles. The molecule has 9 rings (SSSR count). The van der Waals surface area contributed by atoms with Crippen molar-refractivity contribution in [3.63, 3.8) is 0 Å². The summed E-state index contributed by atoms with van der Waals surface area (Å²) < 4.78 is 0. The molecule has 0 bridgehead atoms. The predicted molar refractivity (Wildman–Crippen MR) is 295 cm³/mol. The van der Waals surface area contributed by atoms with Crippen LogP contribution in [0.1, 0.15) is 111 Å². The van der Waals surface area contributed by atoms with Gasteiger partial charge in [-0.05, 0) is 234 Å². The van der Waals surface area contributed by atoms with Crippen molar-refractivity contribution in [2.24, 2.45) is 0 Å². The Kier molecular flexibility index (Phi) is 17.5. The fourth-order valence-corrected chi connectivity index (χ4v) is 8.12. The Balaban J connectivity index is 0.000000159. The number of ketones is 1. The molecule has 0 spiro atoms. The summed E-state index contributed by atoms with van der Waals surface area (Å²) in [5, 5.41) is 8.14. The van der Waals surface area contributed by atoms with Crippen LogP contribution >= 0.6 is 0 Å². The molecule has 1 heteroatoms. The van der Waals surface area contributed by atoms with Crippen molar-refractivity contribution >= 4 is 38.1 Å². The van der Waals surface area contributed by atoms with Crippen LogP contribution in [0, 0.1) is 118 Å². The van der Waals surface area contributed by atoms with Crippen LogP contribution in [0.15, 0.2) is 140 Å². The number of hydrogen-bond donors (Lipinski definition) is 0. The smallest absolute Gasteiger partial charge is 0.193 e. The molecule has 0 fully saturated rings. The van der Waals surface area contributed by atoms with E-state index < -0.39 is 0 Å². The van der Waals surface area contributed by atoms with Crippen molar-refractivity contribution in [1.29, 1.82) is 0 Å². The highest BCUT2D eigenvalue weighted by Gasteiger charge is 2.11. The maximum atomic E-state index is 12.4. The molecule has 1 nitrogen and oxygen atoms in total. The number of carbonyl (C=O) groups excluding carboxylic acids is 1. The first kappa shape index (κ1) is 51.4. The fraction of sp³-hybridized carbons (Fsp3) is 0.258. The van der Waals surface area contributed by atoms with Crippen molar-refractivity contribution in [2.45, 2.75) is 118 Å². The Hall–Kier alpha value is -6.57. The van der Waals surface area contributed by atoms with E-state index in [1.807, 2.05) is 50.2 Å². The van der Waals surface area contributed by atoms with E-state index in [4.69, 9.17) is 0 Å². The van der Waals surface area contributed by atoms with Crippen molar-refractivity contribution in [2.75, 3.05) is 0 Å². The first-order chi connectivity index (χ1) is 31.6. The van der Waals surface area contributed by atoms with Gasteiger partial charge >= 0.3 is 0 Å². The lowest BCUT2D eigenvalue weighted by atomic mass is 9.97. The molecule has 0 aromatic heterocycles. The van der Waals surface area contributed by atoms with Crippen molar-refractivity contribution in [1.82, 2.24) is 0 Å². The lowest BCUT2D eigenvalue weighted by Crippen LogP contribution is -2.03. The van der Waals surface area contributed by atoms with E-state index in [0.717, 1.165) is 22.3 Å². The molecule has 0 aliphatic rings. The summed E-state index contributed by atoms with van der Waals surface area (Å²) in [6, 6.07) is 49.6. The molecule has 344 valence electrons. The van der Waals surface area contributed by atoms with E-state index in [2.05, 4.69) is 207 Å². The molecular formula is C66H74O. The van der Waals surface area contributed by atoms with Gasteiger partial charge in [-0.25, -0.2) is 0 Å². The zero-order valence-corrected chi connectivity index (χ0v) is 43.7. The quantitative estimate of drug-likeness (QED) is 0.158. The summed E-state index contributed by atoms with van der Waals surface area (Å²) in [5.74, 6) is 0.0983. The average Bonchev–Trinajstić information content (AvgIpc) is 3.27. The molecule has 0 aliphatic carbocycles. The summed E-state index contributed by atoms with van der Waals surface area (Å²) >= 11 is 0. The van der Waals surface area contributed by atoms with E-state index in [0.29, 0.717) is 0 Å². The van der Waals surface area contributed by atoms with Crippen LogP contribution in [0.2, 0.25) is 0 Å². The number of aryl methyl sites for hydroxylation is 17. The Morgan fingerprint density at radius 1 is 0.224 bits per heavy atom. The second kappa shape index (κ2) is 22.8. The molecule has 0 N–H and O–H groups in total. The van der Waals surface area contributed by atoms with Crippen LogP contribution in [-0.4, -0.2) is 5.78 Å². The highest BCUT2D eigenvalue weighted by Crippen LogP contribution is 2.24. The second-order valence-electron chi connectivity index (χ2n) is 19.3. The van der Waals surface area contributed by atoms with Gasteiger partial charge < -0.3 is 0 Å². The van der Waals surface area contributed by atoms with Gasteiger partial charge in [-0.15, -0.1) is 0 Å². The summed E-state index contributed by atoms with van der Waals surface area (Å²) in [6.45, 7) is 36.2. The van der Waals surface area contributed by atoms with Gasteiger partial charge in [0, 0.05) is 11.1 Å². The van der Waals surface area contributed by atoms with Gasteiger partial charge in [0.2, 0.25) is 0 Å². The third kappa shape index (κ3) is 14.0. The fourth-order valence-electron chi connectivity index (χ4n) is 8.12. The normalized spacial score (nSPS) is 10.5. The Labute approximate surface area is 404 Å². The summed E-state index contributed by atoms with van der Waals surface area (Å²) in [7, 11) is 0. The van der Waals surface area contributed by atoms with E-state index in [9.17, 15) is 4.79 Å². The number of rotatable bonds is 2. The number of hydrogen-bond acceptors (Lipinski definition) is 1. The average molecular weight is 883 g/mol. The third-order valence-electron chi connectivity index (χ3n) is 13.3. The predicted octanol–water partition coefficient (Wildman–Crippen LogP) is 18.4. The monoisotopic (exact) mass is 883 g/mol. The maximum Gasteiger partial charge on any atom is 0.193 e. The molecule has 9 aromatic rings. The zero-order chi connectivity index (χ0) is 49.3. The molecule has 0 atom stereocenters. The van der Waals surface area contributed by atoms with Crippen molar-refractivity contribution < 1.29 is 4.79 Å². The highest BCUT2D eigenvalue weighted by molar-refractivity contribution is 6.09. The van der Waals surface area contributed by atoms with Gasteiger partial charge in [-0.1, -0.05) is 150 Å². The largest absolute Gasteiger partial charge is 0.289 e. The van der Waals surface area contributed by atoms with Gasteiger partial charge in [-0.3, -0.25) is 4.79 Å². The molecule has 0 saturated carbocycles. The minimum absolute atomic E-state index is 0.0983. The van der Waals surface area contributed by atoms with Gasteiger partial charge in [0.15, 0.2) is 5.78 Å². The number of benzene rings is 9. The van der Waals surface area contributed by atoms with Gasteiger partial charge in [0.25, 0.3) is 0 Å². The van der Waals surface area contributed by atoms with Gasteiger partial charge in [-0.2, -0.15) is 0 Å². The molecule has 0 unspecified atom stereocenters. The highest BCUT2D eigenvalue weighted by atomic mass is 16.1. The molecule has 0 aliphatic heterocycles. The molecular weight excluding hydrogens is 809 g/mol. The van der Waals surface area contributed by atoms with E-state index in [-0.39, 0.29) is 5.78 Å². The SMILES string of the molecule is Cc1cc(C)c2cc(C)ccc2c1.Cc1cc2cc(C)c(C)cc2cc1C.Cc1ccc(C(=O)c2ccc(C)c(C)c2)cc1C.Cc1ccc(C)c(C)c1.Cc1ccc2cc(C)c(C)cc2c1. The van der Waals surface area contributed by atoms with Crippen LogP contribution in [0.25, 0.3) is 32.3 Å². The Bertz CT molecular complexity index is 3070. The van der Waals surface area contributed by atoms with Gasteiger partial charge in [0.05, 0.1) is 0 Å². The first-order valence-electron chi connectivity index (χ1n) is 23.8. The second-order valence-corrected chi connectivity index (χ2v) is 19.3. The Morgan fingerprint density at radius 3 is 0.940 bits per heavy atom. The molecule has 0 saturated heterocycles. The minimum atomic E-state index is 0.0983. The lowest BCUT2D eigenvalue weighted by Gasteiger charge is -2.07. The zero-order valence-electron chi connectivity index (χ0n) is 43.7. The third-order valence-corrected chi connectivity index (χ3v) is 13.3. The summed E-state index contributed by atoms with van der Waals surface area (Å²) in [4.78, 5) is 12.4. The minimum Gasteiger partial charge on any atom is -0.289 e. The van der Waals surface area contributed by atoms with E-state index >= 15 is 0 Å². The standard InChI is InChI=1S/C17H18O.C14H16.2C13H14.C9H12/c1-11-5-7-15(9-13(11)3)17(18)16-8-6-12(2)14(4)10-16;1-9-5-13-7-11(3)12(4)8-14(13)6-10(9)2;1-9-4-5-12-7-10(2)6-11(3)13(12)8-9;1-9-4-5-12-7-10(2)11(3)8-13(12)6-9;1-7-4-5-8(2)9(3)6-7/h5-10H,1-4H3;5-8H,1-4H3;2*4-8H,1-3H3;4-6H,1-3H3. The topological polar surface area (TPSA) is 17.1 Å². The summed E-state index contributed by atoms with van der Waals surface area (Å²) in [5.41, 5.74) is 24.0. The van der Waals surface area contributed by atoms with Crippen LogP contribution in [0.3, 0.4) is 0 Å². The number of carbonyl (C=O) groups is 1. The van der Waals surface area contributed by atoms with Crippen LogP contribution < -0.4 is 0 Å². The van der Waals surface area contributed by atoms with Crippen LogP contribution in [0.5, 0.6) is 0 Å². The van der Waals surface area contributed by atoms with E-state index in [1.165, 1.54) is 116 Å². The molecule has 0 amide bonds. The van der Waals surface area contributed by atoms with E-state index in [1.54, 1.807) is 0 Å². The lowest BCUT2D eigenvalue weighted by molar-refractivity contribution is 0.103. The Morgan fingerprint density at radius 2 is 0.522 bits per heavy atom. The van der Waals surface area contributed by atoms with Crippen LogP contribution in [0.4, 0.5) is 0 Å². The molecule has 67 heavy (non-hydrogen) atoms. The number of fused-ring (bicyclic) bond motifs is 3.